The van der Waals surface area contributed by atoms with Gasteiger partial charge in [-0.3, -0.25) is 9.59 Å². The average Bonchev–Trinajstić information content (AvgIpc) is 0.910. The lowest BCUT2D eigenvalue weighted by Crippen LogP contribution is -2.61. The molecule has 1 aliphatic rings. The minimum Gasteiger partial charge on any atom is -0.454 e. The van der Waals surface area contributed by atoms with Crippen molar-refractivity contribution >= 4 is 11.9 Å². The normalized spacial score (nSPS) is 18.4. The third-order valence-corrected chi connectivity index (χ3v) is 18.0. The predicted molar refractivity (Wildman–Crippen MR) is 393 cm³/mol. The van der Waals surface area contributed by atoms with E-state index < -0.39 is 67.4 Å². The van der Waals surface area contributed by atoms with Gasteiger partial charge in [-0.05, 0) is 103 Å². The van der Waals surface area contributed by atoms with Crippen molar-refractivity contribution in [2.24, 2.45) is 0 Å². The number of hydrogen-bond donors (Lipinski definition) is 6. The van der Waals surface area contributed by atoms with Gasteiger partial charge in [0.15, 0.2) is 12.4 Å². The fourth-order valence-electron chi connectivity index (χ4n) is 11.9. The van der Waals surface area contributed by atoms with Crippen LogP contribution in [0, 0.1) is 0 Å². The molecule has 8 atom stereocenters. The first-order chi connectivity index (χ1) is 45.7. The number of hydrogen-bond acceptors (Lipinski definition) is 10. The zero-order chi connectivity index (χ0) is 67.4. The van der Waals surface area contributed by atoms with Crippen molar-refractivity contribution in [1.29, 1.82) is 0 Å². The summed E-state index contributed by atoms with van der Waals surface area (Å²) in [6.45, 7) is 5.72. The number of aliphatic hydroxyl groups excluding tert-OH is 5. The second-order valence-electron chi connectivity index (χ2n) is 26.7. The van der Waals surface area contributed by atoms with Crippen LogP contribution in [0.1, 0.15) is 348 Å². The van der Waals surface area contributed by atoms with Gasteiger partial charge in [0.25, 0.3) is 0 Å². The van der Waals surface area contributed by atoms with Gasteiger partial charge in [0.1, 0.15) is 24.4 Å². The maximum Gasteiger partial charge on any atom is 0.306 e. The van der Waals surface area contributed by atoms with E-state index in [4.69, 9.17) is 14.2 Å². The van der Waals surface area contributed by atoms with Crippen LogP contribution in [0.2, 0.25) is 0 Å². The fraction of sp³-hybridized carbons (Fsp3) is 0.780. The summed E-state index contributed by atoms with van der Waals surface area (Å²) in [6.07, 6.45) is 83.1. The van der Waals surface area contributed by atoms with Gasteiger partial charge in [0.2, 0.25) is 5.91 Å². The van der Waals surface area contributed by atoms with Crippen molar-refractivity contribution in [2.75, 3.05) is 13.2 Å². The zero-order valence-electron chi connectivity index (χ0n) is 60.1. The molecule has 0 spiro atoms. The molecule has 1 amide bonds. The Balaban J connectivity index is 2.54. The lowest BCUT2D eigenvalue weighted by atomic mass is 9.99. The van der Waals surface area contributed by atoms with Crippen LogP contribution in [0.4, 0.5) is 0 Å². The molecule has 6 N–H and O–H groups in total. The number of carbonyl (C=O) groups is 2. The molecule has 93 heavy (non-hydrogen) atoms. The van der Waals surface area contributed by atoms with Crippen LogP contribution in [-0.2, 0) is 23.8 Å². The van der Waals surface area contributed by atoms with E-state index in [0.29, 0.717) is 12.8 Å². The Kier molecular flexibility index (Phi) is 64.5. The summed E-state index contributed by atoms with van der Waals surface area (Å²) >= 11 is 0. The van der Waals surface area contributed by atoms with Crippen molar-refractivity contribution in [3.63, 3.8) is 0 Å². The summed E-state index contributed by atoms with van der Waals surface area (Å²) < 4.78 is 17.8. The van der Waals surface area contributed by atoms with E-state index in [1.807, 2.05) is 6.08 Å². The minimum absolute atomic E-state index is 0.122. The highest BCUT2D eigenvalue weighted by molar-refractivity contribution is 5.80. The minimum atomic E-state index is -1.62. The largest absolute Gasteiger partial charge is 0.454 e. The van der Waals surface area contributed by atoms with E-state index in [-0.39, 0.29) is 19.4 Å². The molecule has 0 aromatic heterocycles. The predicted octanol–water partition coefficient (Wildman–Crippen LogP) is 21.0. The van der Waals surface area contributed by atoms with Crippen molar-refractivity contribution in [1.82, 2.24) is 5.32 Å². The molecule has 11 nitrogen and oxygen atoms in total. The van der Waals surface area contributed by atoms with Gasteiger partial charge < -0.3 is 45.1 Å². The number of allylic oxidation sites excluding steroid dienone is 15. The fourth-order valence-corrected chi connectivity index (χ4v) is 11.9. The molecule has 0 aromatic carbocycles. The van der Waals surface area contributed by atoms with Crippen LogP contribution >= 0.6 is 0 Å². The molecule has 11 heteroatoms. The summed E-state index contributed by atoms with van der Waals surface area (Å²) in [7, 11) is 0. The van der Waals surface area contributed by atoms with Gasteiger partial charge in [-0.25, -0.2) is 0 Å². The molecule has 8 unspecified atom stereocenters. The van der Waals surface area contributed by atoms with Crippen molar-refractivity contribution in [3.8, 4) is 0 Å². The number of esters is 1. The highest BCUT2D eigenvalue weighted by Gasteiger charge is 2.47. The molecular formula is C82H145NO10. The van der Waals surface area contributed by atoms with Crippen LogP contribution < -0.4 is 5.32 Å². The highest BCUT2D eigenvalue weighted by atomic mass is 16.7. The lowest BCUT2D eigenvalue weighted by Gasteiger charge is -2.41. The summed E-state index contributed by atoms with van der Waals surface area (Å²) in [4.78, 5) is 26.8. The van der Waals surface area contributed by atoms with Gasteiger partial charge in [-0.2, -0.15) is 0 Å². The molecular weight excluding hydrogens is 1160 g/mol. The number of aliphatic hydroxyl groups is 5. The molecule has 0 aliphatic carbocycles. The maximum atomic E-state index is 13.5. The smallest absolute Gasteiger partial charge is 0.306 e. The summed E-state index contributed by atoms with van der Waals surface area (Å²) in [5.74, 6) is -1.20. The van der Waals surface area contributed by atoms with E-state index >= 15 is 0 Å². The van der Waals surface area contributed by atoms with Crippen LogP contribution in [0.25, 0.3) is 0 Å². The summed E-state index contributed by atoms with van der Waals surface area (Å²) in [6, 6.07) is -1.04. The van der Waals surface area contributed by atoms with E-state index in [0.717, 1.165) is 116 Å². The molecule has 0 saturated carbocycles. The second kappa shape index (κ2) is 68.5. The van der Waals surface area contributed by atoms with Gasteiger partial charge in [-0.1, -0.05) is 336 Å². The van der Waals surface area contributed by atoms with Gasteiger partial charge in [0, 0.05) is 6.42 Å². The number of unbranched alkanes of at least 4 members (excludes halogenated alkanes) is 39. The average molecular weight is 1310 g/mol. The molecule has 1 heterocycles. The Morgan fingerprint density at radius 3 is 1.17 bits per heavy atom. The third kappa shape index (κ3) is 55.3. The first-order valence-corrected chi connectivity index (χ1v) is 39.0. The number of ether oxygens (including phenoxy) is 3. The van der Waals surface area contributed by atoms with Crippen LogP contribution in [0.3, 0.4) is 0 Å². The Hall–Kier alpha value is -3.42. The topological polar surface area (TPSA) is 175 Å². The van der Waals surface area contributed by atoms with E-state index in [1.54, 1.807) is 6.08 Å². The Bertz CT molecular complexity index is 1890. The SMILES string of the molecule is CC/C=C\C/C=C\C/C=C\C/C=C\C/C=C\C/C=C\CCCCCCCCCC(O)C(=O)NC(COC1OC(CO)C(O)C(O)C1OC(=O)CCCCCCCCCCCCCCCCC/C=C/CCCCCCCC)C(O)/C=C/CCCCCCCCCCCCC. The second-order valence-corrected chi connectivity index (χ2v) is 26.7. The van der Waals surface area contributed by atoms with Crippen molar-refractivity contribution in [3.05, 3.63) is 97.2 Å². The molecule has 0 bridgehead atoms. The monoisotopic (exact) mass is 1300 g/mol. The summed E-state index contributed by atoms with van der Waals surface area (Å²) in [5, 5.41) is 57.4. The molecule has 1 fully saturated rings. The first kappa shape index (κ1) is 87.6. The molecule has 1 rings (SSSR count). The first-order valence-electron chi connectivity index (χ1n) is 39.0. The molecule has 1 saturated heterocycles. The lowest BCUT2D eigenvalue weighted by molar-refractivity contribution is -0.305. The molecule has 0 radical (unpaired) electrons. The van der Waals surface area contributed by atoms with Crippen LogP contribution in [0.5, 0.6) is 0 Å². The Morgan fingerprint density at radius 1 is 0.430 bits per heavy atom. The number of amides is 1. The van der Waals surface area contributed by atoms with E-state index in [2.05, 4.69) is 111 Å². The summed E-state index contributed by atoms with van der Waals surface area (Å²) in [5.41, 5.74) is 0. The number of rotatable bonds is 67. The van der Waals surface area contributed by atoms with Gasteiger partial charge in [0.05, 0.1) is 25.4 Å². The number of nitrogens with one attached hydrogen (secondary N) is 1. The zero-order valence-corrected chi connectivity index (χ0v) is 60.1. The highest BCUT2D eigenvalue weighted by Crippen LogP contribution is 2.26. The van der Waals surface area contributed by atoms with Crippen LogP contribution in [-0.4, -0.2) is 99.6 Å². The van der Waals surface area contributed by atoms with Gasteiger partial charge in [-0.15, -0.1) is 0 Å². The Morgan fingerprint density at radius 2 is 0.774 bits per heavy atom. The van der Waals surface area contributed by atoms with E-state index in [9.17, 15) is 35.1 Å². The maximum absolute atomic E-state index is 13.5. The van der Waals surface area contributed by atoms with Crippen molar-refractivity contribution in [2.45, 2.75) is 397 Å². The van der Waals surface area contributed by atoms with Crippen LogP contribution in [0.15, 0.2) is 97.2 Å². The molecule has 0 aromatic rings. The molecule has 538 valence electrons. The molecule has 1 aliphatic heterocycles. The number of carbonyl (C=O) groups excluding carboxylic acids is 2. The quantitative estimate of drug-likeness (QED) is 0.0195. The standard InChI is InChI=1S/C82H145NO10/c1-4-7-10-13-16-19-22-25-27-29-31-33-35-37-39-40-42-44-46-48-51-54-57-60-63-66-69-75(86)81(90)83-73(74(85)68-65-62-59-56-53-50-24-21-18-15-12-9-6-3)72-91-82-80(79(89)78(88)76(71-84)92-82)93-77(87)70-67-64-61-58-55-52-49-47-45-43-41-38-36-34-32-30-28-26-23-20-17-14-11-8-5-2/h7,10,16,19,25-28,31,33,37,39,42,44,65,68,73-76,78-80,82,84-86,88-89H,4-6,8-9,11-15,17-18,20-24,29-30,32,34-36,38,40-41,43,45-64,66-67,69-72H2,1-3H3,(H,83,90)/b10-7-,19-16-,27-25-,28-26+,33-31-,39-37-,44-42-,68-65+. The Labute approximate surface area is 571 Å². The third-order valence-electron chi connectivity index (χ3n) is 18.0. The van der Waals surface area contributed by atoms with Gasteiger partial charge >= 0.3 is 5.97 Å². The van der Waals surface area contributed by atoms with E-state index in [1.165, 1.54) is 186 Å². The van der Waals surface area contributed by atoms with Crippen molar-refractivity contribution < 1.29 is 49.3 Å².